The summed E-state index contributed by atoms with van der Waals surface area (Å²) in [6.45, 7) is 6.17. The number of rotatable bonds is 5. The van der Waals surface area contributed by atoms with Crippen LogP contribution in [0.2, 0.25) is 0 Å². The average molecular weight is 281 g/mol. The molecule has 4 nitrogen and oxygen atoms in total. The monoisotopic (exact) mass is 281 g/mol. The first-order valence-electron chi connectivity index (χ1n) is 8.37. The lowest BCUT2D eigenvalue weighted by Gasteiger charge is -2.37. The van der Waals surface area contributed by atoms with Gasteiger partial charge in [0.25, 0.3) is 0 Å². The van der Waals surface area contributed by atoms with Crippen molar-refractivity contribution in [3.8, 4) is 0 Å². The van der Waals surface area contributed by atoms with Gasteiger partial charge in [0.15, 0.2) is 0 Å². The van der Waals surface area contributed by atoms with E-state index in [1.54, 1.807) is 0 Å². The average Bonchev–Trinajstić information content (AvgIpc) is 2.93. The van der Waals surface area contributed by atoms with Gasteiger partial charge in [0.05, 0.1) is 5.54 Å². The fraction of sp³-hybridized carbons (Fsp3) is 0.938. The van der Waals surface area contributed by atoms with Gasteiger partial charge in [0.2, 0.25) is 5.91 Å². The summed E-state index contributed by atoms with van der Waals surface area (Å²) in [5, 5.41) is 3.16. The number of hydrogen-bond donors (Lipinski definition) is 2. The van der Waals surface area contributed by atoms with Crippen molar-refractivity contribution < 1.29 is 4.79 Å². The normalized spacial score (nSPS) is 25.6. The predicted molar refractivity (Wildman–Crippen MR) is 82.5 cm³/mol. The second-order valence-corrected chi connectivity index (χ2v) is 6.89. The minimum atomic E-state index is -0.711. The Morgan fingerprint density at radius 1 is 1.25 bits per heavy atom. The molecular formula is C16H31N3O. The summed E-state index contributed by atoms with van der Waals surface area (Å²) < 4.78 is 0. The van der Waals surface area contributed by atoms with E-state index in [0.29, 0.717) is 6.04 Å². The molecule has 1 heterocycles. The van der Waals surface area contributed by atoms with Gasteiger partial charge in [0, 0.05) is 25.2 Å². The zero-order valence-corrected chi connectivity index (χ0v) is 13.2. The summed E-state index contributed by atoms with van der Waals surface area (Å²) in [7, 11) is 0. The Bertz CT molecular complexity index is 316. The standard InChI is InChI=1S/C16H31N3O/c1-3-10-16(2,17)15(20)18-13-8-11-19(12-9-13)14-6-4-5-7-14/h13-14H,3-12,17H2,1-2H3,(H,18,20). The number of hydrogen-bond acceptors (Lipinski definition) is 3. The van der Waals surface area contributed by atoms with Crippen molar-refractivity contribution >= 4 is 5.91 Å². The van der Waals surface area contributed by atoms with Crippen LogP contribution in [0.4, 0.5) is 0 Å². The minimum absolute atomic E-state index is 0.0265. The third-order valence-electron chi connectivity index (χ3n) is 4.99. The quantitative estimate of drug-likeness (QED) is 0.810. The van der Waals surface area contributed by atoms with Crippen LogP contribution in [0.25, 0.3) is 0 Å². The van der Waals surface area contributed by atoms with Crippen molar-refractivity contribution in [2.45, 2.75) is 82.8 Å². The maximum atomic E-state index is 12.2. The SMILES string of the molecule is CCCC(C)(N)C(=O)NC1CCN(C2CCCC2)CC1. The van der Waals surface area contributed by atoms with E-state index in [-0.39, 0.29) is 5.91 Å². The van der Waals surface area contributed by atoms with Gasteiger partial charge >= 0.3 is 0 Å². The van der Waals surface area contributed by atoms with E-state index in [1.165, 1.54) is 25.7 Å². The second-order valence-electron chi connectivity index (χ2n) is 6.89. The molecule has 1 saturated heterocycles. The smallest absolute Gasteiger partial charge is 0.240 e. The molecule has 4 heteroatoms. The lowest BCUT2D eigenvalue weighted by Crippen LogP contribution is -2.56. The fourth-order valence-electron chi connectivity index (χ4n) is 3.66. The highest BCUT2D eigenvalue weighted by Gasteiger charge is 2.31. The van der Waals surface area contributed by atoms with Crippen LogP contribution in [0.15, 0.2) is 0 Å². The maximum absolute atomic E-state index is 12.2. The Labute approximate surface area is 123 Å². The highest BCUT2D eigenvalue weighted by atomic mass is 16.2. The van der Waals surface area contributed by atoms with Gasteiger partial charge in [-0.2, -0.15) is 0 Å². The molecule has 2 rings (SSSR count). The van der Waals surface area contributed by atoms with Crippen LogP contribution < -0.4 is 11.1 Å². The van der Waals surface area contributed by atoms with Crippen LogP contribution in [0.3, 0.4) is 0 Å². The molecule has 1 aliphatic carbocycles. The molecule has 20 heavy (non-hydrogen) atoms. The number of likely N-dealkylation sites (tertiary alicyclic amines) is 1. The molecule has 0 bridgehead atoms. The summed E-state index contributed by atoms with van der Waals surface area (Å²) >= 11 is 0. The summed E-state index contributed by atoms with van der Waals surface area (Å²) in [6.07, 6.45) is 9.37. The van der Waals surface area contributed by atoms with Crippen LogP contribution in [-0.4, -0.2) is 41.5 Å². The Morgan fingerprint density at radius 2 is 1.85 bits per heavy atom. The van der Waals surface area contributed by atoms with E-state index in [4.69, 9.17) is 5.73 Å². The van der Waals surface area contributed by atoms with Crippen LogP contribution >= 0.6 is 0 Å². The van der Waals surface area contributed by atoms with Gasteiger partial charge in [0.1, 0.15) is 0 Å². The lowest BCUT2D eigenvalue weighted by molar-refractivity contribution is -0.127. The van der Waals surface area contributed by atoms with Crippen molar-refractivity contribution in [3.05, 3.63) is 0 Å². The maximum Gasteiger partial charge on any atom is 0.240 e. The van der Waals surface area contributed by atoms with Crippen LogP contribution in [0, 0.1) is 0 Å². The van der Waals surface area contributed by atoms with Crippen molar-refractivity contribution in [2.75, 3.05) is 13.1 Å². The molecule has 1 aliphatic heterocycles. The van der Waals surface area contributed by atoms with E-state index in [9.17, 15) is 4.79 Å². The van der Waals surface area contributed by atoms with Gasteiger partial charge in [-0.15, -0.1) is 0 Å². The molecule has 0 aromatic carbocycles. The highest BCUT2D eigenvalue weighted by Crippen LogP contribution is 2.26. The van der Waals surface area contributed by atoms with Crippen molar-refractivity contribution in [2.24, 2.45) is 5.73 Å². The van der Waals surface area contributed by atoms with Crippen molar-refractivity contribution in [1.29, 1.82) is 0 Å². The van der Waals surface area contributed by atoms with Crippen LogP contribution in [-0.2, 0) is 4.79 Å². The zero-order valence-electron chi connectivity index (χ0n) is 13.2. The molecule has 0 radical (unpaired) electrons. The minimum Gasteiger partial charge on any atom is -0.352 e. The Balaban J connectivity index is 1.75. The first-order valence-corrected chi connectivity index (χ1v) is 8.37. The van der Waals surface area contributed by atoms with E-state index < -0.39 is 5.54 Å². The Kier molecular flexibility index (Phi) is 5.44. The number of carbonyl (C=O) groups is 1. The van der Waals surface area contributed by atoms with Crippen LogP contribution in [0.5, 0.6) is 0 Å². The van der Waals surface area contributed by atoms with Gasteiger partial charge < -0.3 is 16.0 Å². The molecule has 0 aromatic heterocycles. The third-order valence-corrected chi connectivity index (χ3v) is 4.99. The van der Waals surface area contributed by atoms with E-state index >= 15 is 0 Å². The van der Waals surface area contributed by atoms with Gasteiger partial charge in [-0.3, -0.25) is 4.79 Å². The Hall–Kier alpha value is -0.610. The number of nitrogens with two attached hydrogens (primary N) is 1. The van der Waals surface area contributed by atoms with E-state index in [0.717, 1.165) is 44.8 Å². The molecule has 1 unspecified atom stereocenters. The van der Waals surface area contributed by atoms with Crippen LogP contribution in [0.1, 0.15) is 65.2 Å². The molecule has 116 valence electrons. The number of amides is 1. The van der Waals surface area contributed by atoms with Gasteiger partial charge in [-0.05, 0) is 39.0 Å². The first-order chi connectivity index (χ1) is 9.53. The largest absolute Gasteiger partial charge is 0.352 e. The first kappa shape index (κ1) is 15.8. The van der Waals surface area contributed by atoms with Gasteiger partial charge in [-0.1, -0.05) is 26.2 Å². The summed E-state index contributed by atoms with van der Waals surface area (Å²) in [4.78, 5) is 14.8. The number of carbonyl (C=O) groups excluding carboxylic acids is 1. The van der Waals surface area contributed by atoms with Crippen molar-refractivity contribution in [1.82, 2.24) is 10.2 Å². The number of nitrogens with zero attached hydrogens (tertiary/aromatic N) is 1. The summed E-state index contributed by atoms with van der Waals surface area (Å²) in [5.74, 6) is 0.0265. The molecule has 1 amide bonds. The second kappa shape index (κ2) is 6.90. The summed E-state index contributed by atoms with van der Waals surface area (Å²) in [6, 6.07) is 1.13. The fourth-order valence-corrected chi connectivity index (χ4v) is 3.66. The Morgan fingerprint density at radius 3 is 2.40 bits per heavy atom. The number of nitrogens with one attached hydrogen (secondary N) is 1. The van der Waals surface area contributed by atoms with Gasteiger partial charge in [-0.25, -0.2) is 0 Å². The highest BCUT2D eigenvalue weighted by molar-refractivity contribution is 5.85. The molecular weight excluding hydrogens is 250 g/mol. The molecule has 2 fully saturated rings. The zero-order chi connectivity index (χ0) is 14.6. The van der Waals surface area contributed by atoms with Crippen molar-refractivity contribution in [3.63, 3.8) is 0 Å². The number of piperidine rings is 1. The topological polar surface area (TPSA) is 58.4 Å². The molecule has 1 saturated carbocycles. The predicted octanol–water partition coefficient (Wildman–Crippen LogP) is 2.03. The molecule has 2 aliphatic rings. The molecule has 3 N–H and O–H groups in total. The lowest BCUT2D eigenvalue weighted by atomic mass is 9.95. The van der Waals surface area contributed by atoms with E-state index in [2.05, 4.69) is 17.1 Å². The molecule has 0 aromatic rings. The third kappa shape index (κ3) is 3.95. The summed E-state index contributed by atoms with van der Waals surface area (Å²) in [5.41, 5.74) is 5.38. The van der Waals surface area contributed by atoms with E-state index in [1.807, 2.05) is 6.92 Å². The molecule has 0 spiro atoms. The molecule has 1 atom stereocenters.